The number of benzene rings is 3. The minimum atomic E-state index is -0.281. The lowest BCUT2D eigenvalue weighted by atomic mass is 10.1. The van der Waals surface area contributed by atoms with Gasteiger partial charge in [-0.1, -0.05) is 41.9 Å². The van der Waals surface area contributed by atoms with Gasteiger partial charge in [0.1, 0.15) is 5.69 Å². The van der Waals surface area contributed by atoms with Gasteiger partial charge in [-0.15, -0.1) is 0 Å². The van der Waals surface area contributed by atoms with Gasteiger partial charge in [0.2, 0.25) is 5.91 Å². The molecule has 7 heteroatoms. The first-order chi connectivity index (χ1) is 16.1. The summed E-state index contributed by atoms with van der Waals surface area (Å²) in [6.07, 6.45) is 3.62. The van der Waals surface area contributed by atoms with Crippen LogP contribution in [0.4, 0.5) is 11.4 Å². The third kappa shape index (κ3) is 4.81. The van der Waals surface area contributed by atoms with E-state index in [2.05, 4.69) is 15.7 Å². The zero-order valence-electron chi connectivity index (χ0n) is 17.7. The van der Waals surface area contributed by atoms with E-state index in [1.54, 1.807) is 47.3 Å². The van der Waals surface area contributed by atoms with E-state index in [0.29, 0.717) is 27.7 Å². The molecule has 6 nitrogen and oxygen atoms in total. The molecule has 0 aliphatic heterocycles. The maximum atomic E-state index is 13.2. The highest BCUT2D eigenvalue weighted by Gasteiger charge is 2.29. The van der Waals surface area contributed by atoms with Crippen LogP contribution < -0.4 is 10.6 Å². The molecule has 33 heavy (non-hydrogen) atoms. The zero-order valence-corrected chi connectivity index (χ0v) is 18.4. The fourth-order valence-corrected chi connectivity index (χ4v) is 3.63. The van der Waals surface area contributed by atoms with Gasteiger partial charge in [0, 0.05) is 34.1 Å². The highest BCUT2D eigenvalue weighted by atomic mass is 35.5. The van der Waals surface area contributed by atoms with Crippen LogP contribution in [0.5, 0.6) is 0 Å². The van der Waals surface area contributed by atoms with Crippen LogP contribution in [0.15, 0.2) is 85.1 Å². The zero-order chi connectivity index (χ0) is 22.8. The van der Waals surface area contributed by atoms with Crippen LogP contribution in [0.1, 0.15) is 23.2 Å². The molecule has 1 aliphatic carbocycles. The van der Waals surface area contributed by atoms with Crippen molar-refractivity contribution >= 4 is 34.8 Å². The Morgan fingerprint density at radius 2 is 1.48 bits per heavy atom. The van der Waals surface area contributed by atoms with Crippen molar-refractivity contribution in [3.63, 3.8) is 0 Å². The molecule has 0 radical (unpaired) electrons. The molecule has 1 aliphatic rings. The van der Waals surface area contributed by atoms with E-state index in [1.807, 2.05) is 42.5 Å². The molecule has 0 bridgehead atoms. The number of carbonyl (C=O) groups excluding carboxylic acids is 2. The molecule has 1 saturated carbocycles. The first kappa shape index (κ1) is 21.0. The third-order valence-corrected chi connectivity index (χ3v) is 5.71. The van der Waals surface area contributed by atoms with Crippen molar-refractivity contribution in [3.8, 4) is 16.9 Å². The van der Waals surface area contributed by atoms with Crippen molar-refractivity contribution in [2.24, 2.45) is 5.92 Å². The van der Waals surface area contributed by atoms with Gasteiger partial charge in [-0.3, -0.25) is 9.59 Å². The van der Waals surface area contributed by atoms with E-state index in [0.717, 1.165) is 24.1 Å². The average molecular weight is 457 g/mol. The number of carbonyl (C=O) groups is 2. The monoisotopic (exact) mass is 456 g/mol. The highest BCUT2D eigenvalue weighted by molar-refractivity contribution is 6.30. The second-order valence-electron chi connectivity index (χ2n) is 7.97. The van der Waals surface area contributed by atoms with Crippen LogP contribution in [0.2, 0.25) is 5.02 Å². The summed E-state index contributed by atoms with van der Waals surface area (Å²) < 4.78 is 1.69. The van der Waals surface area contributed by atoms with Gasteiger partial charge in [-0.2, -0.15) is 5.10 Å². The molecule has 2 N–H and O–H groups in total. The van der Waals surface area contributed by atoms with Crippen LogP contribution in [0, 0.1) is 5.92 Å². The summed E-state index contributed by atoms with van der Waals surface area (Å²) in [6, 6.07) is 23.9. The van der Waals surface area contributed by atoms with Crippen LogP contribution >= 0.6 is 11.6 Å². The fraction of sp³-hybridized carbons (Fsp3) is 0.115. The molecule has 164 valence electrons. The predicted octanol–water partition coefficient (Wildman–Crippen LogP) is 5.79. The third-order valence-electron chi connectivity index (χ3n) is 5.46. The Morgan fingerprint density at radius 1 is 0.848 bits per heavy atom. The van der Waals surface area contributed by atoms with Crippen LogP contribution in [-0.4, -0.2) is 21.6 Å². The Labute approximate surface area is 196 Å². The Hall–Kier alpha value is -3.90. The van der Waals surface area contributed by atoms with Gasteiger partial charge in [0.15, 0.2) is 0 Å². The summed E-state index contributed by atoms with van der Waals surface area (Å²) in [7, 11) is 0. The van der Waals surface area contributed by atoms with Gasteiger partial charge in [-0.25, -0.2) is 4.68 Å². The van der Waals surface area contributed by atoms with Crippen LogP contribution in [-0.2, 0) is 4.79 Å². The summed E-state index contributed by atoms with van der Waals surface area (Å²) in [5, 5.41) is 11.1. The van der Waals surface area contributed by atoms with Gasteiger partial charge < -0.3 is 10.6 Å². The number of halogens is 1. The number of hydrogen-bond donors (Lipinski definition) is 2. The molecule has 0 atom stereocenters. The van der Waals surface area contributed by atoms with Crippen LogP contribution in [0.25, 0.3) is 16.9 Å². The van der Waals surface area contributed by atoms with Crippen LogP contribution in [0.3, 0.4) is 0 Å². The van der Waals surface area contributed by atoms with E-state index >= 15 is 0 Å². The van der Waals surface area contributed by atoms with E-state index in [-0.39, 0.29) is 17.7 Å². The van der Waals surface area contributed by atoms with E-state index in [9.17, 15) is 9.59 Å². The van der Waals surface area contributed by atoms with E-state index in [4.69, 9.17) is 11.6 Å². The van der Waals surface area contributed by atoms with Crippen molar-refractivity contribution in [1.82, 2.24) is 9.78 Å². The second kappa shape index (κ2) is 8.92. The summed E-state index contributed by atoms with van der Waals surface area (Å²) in [4.78, 5) is 25.2. The normalized spacial score (nSPS) is 12.9. The molecule has 4 aromatic rings. The fourth-order valence-electron chi connectivity index (χ4n) is 3.50. The Morgan fingerprint density at radius 3 is 2.12 bits per heavy atom. The lowest BCUT2D eigenvalue weighted by Gasteiger charge is -2.08. The summed E-state index contributed by atoms with van der Waals surface area (Å²) in [5.41, 5.74) is 3.97. The second-order valence-corrected chi connectivity index (χ2v) is 8.41. The number of nitrogens with one attached hydrogen (secondary N) is 2. The smallest absolute Gasteiger partial charge is 0.259 e. The lowest BCUT2D eigenvalue weighted by molar-refractivity contribution is -0.117. The molecule has 2 amide bonds. The number of aromatic nitrogens is 2. The molecule has 0 unspecified atom stereocenters. The van der Waals surface area contributed by atoms with Gasteiger partial charge in [0.05, 0.1) is 11.3 Å². The molecule has 1 fully saturated rings. The lowest BCUT2D eigenvalue weighted by Crippen LogP contribution is -2.14. The maximum Gasteiger partial charge on any atom is 0.259 e. The standard InChI is InChI=1S/C26H21ClN4O2/c27-19-10-8-17(9-11-19)24-23(16-31(30-24)22-4-2-1-3-5-22)26(33)29-21-14-12-20(13-15-21)28-25(32)18-6-7-18/h1-5,8-16,18H,6-7H2,(H,28,32)(H,29,33). The van der Waals surface area contributed by atoms with E-state index < -0.39 is 0 Å². The van der Waals surface area contributed by atoms with E-state index in [1.165, 1.54) is 0 Å². The number of hydrogen-bond acceptors (Lipinski definition) is 3. The summed E-state index contributed by atoms with van der Waals surface area (Å²) in [6.45, 7) is 0. The summed E-state index contributed by atoms with van der Waals surface area (Å²) >= 11 is 6.04. The van der Waals surface area contributed by atoms with Crippen molar-refractivity contribution in [2.45, 2.75) is 12.8 Å². The van der Waals surface area contributed by atoms with Gasteiger partial charge in [0.25, 0.3) is 5.91 Å². The van der Waals surface area contributed by atoms with Crippen molar-refractivity contribution in [2.75, 3.05) is 10.6 Å². The molecule has 1 heterocycles. The largest absolute Gasteiger partial charge is 0.326 e. The Kier molecular flexibility index (Phi) is 5.67. The molecule has 3 aromatic carbocycles. The molecule has 5 rings (SSSR count). The van der Waals surface area contributed by atoms with Crippen molar-refractivity contribution in [3.05, 3.63) is 95.6 Å². The van der Waals surface area contributed by atoms with Gasteiger partial charge in [-0.05, 0) is 61.4 Å². The first-order valence-electron chi connectivity index (χ1n) is 10.7. The number of anilines is 2. The molecule has 1 aromatic heterocycles. The molecular formula is C26H21ClN4O2. The number of rotatable bonds is 6. The number of amides is 2. The Bertz CT molecular complexity index is 1290. The SMILES string of the molecule is O=C(Nc1ccc(NC(=O)C2CC2)cc1)c1cn(-c2ccccc2)nc1-c1ccc(Cl)cc1. The van der Waals surface area contributed by atoms with Crippen molar-refractivity contribution < 1.29 is 9.59 Å². The first-order valence-corrected chi connectivity index (χ1v) is 11.1. The topological polar surface area (TPSA) is 76.0 Å². The minimum absolute atomic E-state index is 0.0488. The minimum Gasteiger partial charge on any atom is -0.326 e. The predicted molar refractivity (Wildman–Crippen MR) is 130 cm³/mol. The molecular weight excluding hydrogens is 436 g/mol. The molecule has 0 spiro atoms. The maximum absolute atomic E-state index is 13.2. The number of para-hydroxylation sites is 1. The number of nitrogens with zero attached hydrogens (tertiary/aromatic N) is 2. The highest BCUT2D eigenvalue weighted by Crippen LogP contribution is 2.30. The average Bonchev–Trinajstić information content (AvgIpc) is 3.60. The Balaban J connectivity index is 1.41. The quantitative estimate of drug-likeness (QED) is 0.385. The van der Waals surface area contributed by atoms with Crippen molar-refractivity contribution in [1.29, 1.82) is 0 Å². The summed E-state index contributed by atoms with van der Waals surface area (Å²) in [5.74, 6) is -0.0959. The molecule has 0 saturated heterocycles. The van der Waals surface area contributed by atoms with Gasteiger partial charge >= 0.3 is 0 Å².